The number of hydrogen-bond donors (Lipinski definition) is 2. The van der Waals surface area contributed by atoms with E-state index >= 15 is 0 Å². The number of rotatable bonds is 4. The minimum absolute atomic E-state index is 0.646. The van der Waals surface area contributed by atoms with Crippen LogP contribution in [0.1, 0.15) is 46.7 Å². The van der Waals surface area contributed by atoms with Crippen molar-refractivity contribution in [3.63, 3.8) is 0 Å². The first-order valence-corrected chi connectivity index (χ1v) is 11.6. The molecule has 0 bridgehead atoms. The molecule has 0 amide bonds. The third-order valence-corrected chi connectivity index (χ3v) is 6.77. The number of aromatic nitrogens is 2. The van der Waals surface area contributed by atoms with Gasteiger partial charge in [0.15, 0.2) is 0 Å². The van der Waals surface area contributed by atoms with Gasteiger partial charge in [-0.25, -0.2) is 4.98 Å². The Morgan fingerprint density at radius 1 is 1.09 bits per heavy atom. The maximum absolute atomic E-state index is 4.99. The predicted octanol–water partition coefficient (Wildman–Crippen LogP) is 5.86. The molecule has 5 rings (SSSR count). The van der Waals surface area contributed by atoms with Gasteiger partial charge in [-0.05, 0) is 106 Å². The van der Waals surface area contributed by atoms with Crippen LogP contribution in [0.5, 0.6) is 0 Å². The maximum atomic E-state index is 4.99. The van der Waals surface area contributed by atoms with Crippen LogP contribution in [0.3, 0.4) is 0 Å². The van der Waals surface area contributed by atoms with E-state index in [9.17, 15) is 0 Å². The number of hydrogen-bond acceptors (Lipinski definition) is 5. The molecule has 0 spiro atoms. The molecule has 0 saturated carbocycles. The summed E-state index contributed by atoms with van der Waals surface area (Å²) in [5.41, 5.74) is 9.66. The summed E-state index contributed by atoms with van der Waals surface area (Å²) in [7, 11) is 2.21. The molecule has 0 aliphatic carbocycles. The van der Waals surface area contributed by atoms with Crippen LogP contribution in [0.4, 0.5) is 11.5 Å². The largest absolute Gasteiger partial charge is 0.362 e. The number of nitrogens with zero attached hydrogens (tertiary/aromatic N) is 3. The van der Waals surface area contributed by atoms with E-state index in [1.807, 2.05) is 25.4 Å². The van der Waals surface area contributed by atoms with Gasteiger partial charge in [0, 0.05) is 40.6 Å². The van der Waals surface area contributed by atoms with Crippen LogP contribution in [-0.4, -0.2) is 35.0 Å². The van der Waals surface area contributed by atoms with Gasteiger partial charge in [0.2, 0.25) is 0 Å². The van der Waals surface area contributed by atoms with Crippen molar-refractivity contribution in [1.29, 1.82) is 0 Å². The summed E-state index contributed by atoms with van der Waals surface area (Å²) in [6.45, 7) is 10.8. The summed E-state index contributed by atoms with van der Waals surface area (Å²) < 4.78 is 0. The first-order valence-electron chi connectivity index (χ1n) is 11.6. The van der Waals surface area contributed by atoms with Crippen LogP contribution >= 0.6 is 0 Å². The van der Waals surface area contributed by atoms with Crippen LogP contribution in [-0.2, 0) is 0 Å². The highest BCUT2D eigenvalue weighted by Crippen LogP contribution is 2.35. The van der Waals surface area contributed by atoms with Crippen LogP contribution in [0.2, 0.25) is 0 Å². The number of nitrogens with one attached hydrogen (secondary N) is 2. The molecule has 0 radical (unpaired) electrons. The Hall–Kier alpha value is -3.44. The second kappa shape index (κ2) is 8.83. The summed E-state index contributed by atoms with van der Waals surface area (Å²) in [6.07, 6.45) is 8.32. The first-order chi connectivity index (χ1) is 16.0. The molecule has 2 aromatic heterocycles. The van der Waals surface area contributed by atoms with Crippen molar-refractivity contribution in [2.75, 3.05) is 25.5 Å². The number of piperidine rings is 1. The third-order valence-electron chi connectivity index (χ3n) is 6.77. The topological polar surface area (TPSA) is 53.1 Å². The van der Waals surface area contributed by atoms with Crippen LogP contribution < -0.4 is 10.6 Å². The molecule has 2 aliphatic heterocycles. The number of anilines is 2. The normalized spacial score (nSPS) is 16.4. The minimum atomic E-state index is 0.646. The molecule has 0 atom stereocenters. The summed E-state index contributed by atoms with van der Waals surface area (Å²) >= 11 is 0. The van der Waals surface area contributed by atoms with Crippen molar-refractivity contribution < 1.29 is 0 Å². The molecule has 1 fully saturated rings. The van der Waals surface area contributed by atoms with Gasteiger partial charge < -0.3 is 15.5 Å². The van der Waals surface area contributed by atoms with Gasteiger partial charge in [-0.3, -0.25) is 4.98 Å². The smallest absolute Gasteiger partial charge is 0.141 e. The molecule has 2 N–H and O–H groups in total. The van der Waals surface area contributed by atoms with E-state index in [4.69, 9.17) is 4.98 Å². The van der Waals surface area contributed by atoms with Gasteiger partial charge in [0.25, 0.3) is 0 Å². The lowest BCUT2D eigenvalue weighted by molar-refractivity contribution is 0.255. The fourth-order valence-corrected chi connectivity index (χ4v) is 4.84. The Balaban J connectivity index is 1.49. The van der Waals surface area contributed by atoms with Crippen LogP contribution in [0.25, 0.3) is 23.0 Å². The van der Waals surface area contributed by atoms with Gasteiger partial charge in [-0.15, -0.1) is 0 Å². The van der Waals surface area contributed by atoms with Crippen molar-refractivity contribution >= 4 is 23.3 Å². The standard InChI is InChI=1S/C28H31N5/c1-18-15-24(7-8-25(18)21-10-13-33(4)14-11-21)31-28-27-20(3)29-12-9-22(27)16-26(32-28)23-6-5-19(2)30-17-23/h5-9,12,15-17,21,29H,3,10-11,13-14H2,1-2,4H3,(H,31,32). The van der Waals surface area contributed by atoms with E-state index in [0.717, 1.165) is 45.3 Å². The van der Waals surface area contributed by atoms with Gasteiger partial charge in [0.1, 0.15) is 5.82 Å². The predicted molar refractivity (Wildman–Crippen MR) is 137 cm³/mol. The molecule has 3 aromatic rings. The molecule has 5 nitrogen and oxygen atoms in total. The zero-order valence-corrected chi connectivity index (χ0v) is 19.7. The molecule has 4 heterocycles. The molecule has 33 heavy (non-hydrogen) atoms. The number of pyridine rings is 2. The van der Waals surface area contributed by atoms with Gasteiger partial charge in [-0.1, -0.05) is 12.6 Å². The Bertz CT molecular complexity index is 1220. The second-order valence-corrected chi connectivity index (χ2v) is 9.24. The highest BCUT2D eigenvalue weighted by atomic mass is 15.1. The SMILES string of the molecule is C=C1NC=Cc2cc(-c3ccc(C)nc3)nc(Nc3ccc(C4CCN(C)CC4)c(C)c3)c21. The zero-order chi connectivity index (χ0) is 22.9. The summed E-state index contributed by atoms with van der Waals surface area (Å²) in [4.78, 5) is 11.9. The number of fused-ring (bicyclic) bond motifs is 1. The zero-order valence-electron chi connectivity index (χ0n) is 19.7. The summed E-state index contributed by atoms with van der Waals surface area (Å²) in [5, 5.41) is 6.81. The lowest BCUT2D eigenvalue weighted by Gasteiger charge is -2.30. The number of aryl methyl sites for hydroxylation is 2. The Kier molecular flexibility index (Phi) is 5.73. The van der Waals surface area contributed by atoms with E-state index in [0.29, 0.717) is 5.92 Å². The monoisotopic (exact) mass is 437 g/mol. The van der Waals surface area contributed by atoms with E-state index in [1.165, 1.54) is 37.1 Å². The number of benzene rings is 1. The quantitative estimate of drug-likeness (QED) is 0.536. The average Bonchev–Trinajstić information content (AvgIpc) is 2.80. The van der Waals surface area contributed by atoms with Gasteiger partial charge >= 0.3 is 0 Å². The lowest BCUT2D eigenvalue weighted by Crippen LogP contribution is -2.29. The maximum Gasteiger partial charge on any atom is 0.141 e. The van der Waals surface area contributed by atoms with E-state index in [-0.39, 0.29) is 0 Å². The first kappa shape index (κ1) is 21.4. The number of likely N-dealkylation sites (tertiary alicyclic amines) is 1. The van der Waals surface area contributed by atoms with E-state index in [2.05, 4.69) is 77.5 Å². The molecular weight excluding hydrogens is 406 g/mol. The molecule has 168 valence electrons. The lowest BCUT2D eigenvalue weighted by atomic mass is 9.87. The molecule has 0 unspecified atom stereocenters. The Labute approximate surface area is 196 Å². The second-order valence-electron chi connectivity index (χ2n) is 9.24. The third kappa shape index (κ3) is 4.41. The van der Waals surface area contributed by atoms with Crippen molar-refractivity contribution in [3.8, 4) is 11.3 Å². The van der Waals surface area contributed by atoms with Gasteiger partial charge in [-0.2, -0.15) is 0 Å². The molecule has 1 aromatic carbocycles. The molecule has 1 saturated heterocycles. The van der Waals surface area contributed by atoms with Gasteiger partial charge in [0.05, 0.1) is 5.69 Å². The molecule has 5 heteroatoms. The van der Waals surface area contributed by atoms with Crippen molar-refractivity contribution in [1.82, 2.24) is 20.2 Å². The minimum Gasteiger partial charge on any atom is -0.362 e. The fourth-order valence-electron chi connectivity index (χ4n) is 4.84. The fraction of sp³-hybridized carbons (Fsp3) is 0.286. The highest BCUT2D eigenvalue weighted by molar-refractivity contribution is 5.86. The summed E-state index contributed by atoms with van der Waals surface area (Å²) in [6, 6.07) is 12.9. The molecule has 2 aliphatic rings. The summed E-state index contributed by atoms with van der Waals surface area (Å²) in [5.74, 6) is 1.45. The van der Waals surface area contributed by atoms with Crippen molar-refractivity contribution in [2.24, 2.45) is 0 Å². The van der Waals surface area contributed by atoms with Crippen LogP contribution in [0, 0.1) is 13.8 Å². The Morgan fingerprint density at radius 3 is 2.64 bits per heavy atom. The van der Waals surface area contributed by atoms with Crippen LogP contribution in [0.15, 0.2) is 55.4 Å². The average molecular weight is 438 g/mol. The van der Waals surface area contributed by atoms with Crippen molar-refractivity contribution in [2.45, 2.75) is 32.6 Å². The Morgan fingerprint density at radius 2 is 1.91 bits per heavy atom. The molecular formula is C28H31N5. The highest BCUT2D eigenvalue weighted by Gasteiger charge is 2.21. The van der Waals surface area contributed by atoms with E-state index in [1.54, 1.807) is 0 Å². The van der Waals surface area contributed by atoms with Crippen molar-refractivity contribution in [3.05, 3.63) is 83.3 Å². The van der Waals surface area contributed by atoms with E-state index < -0.39 is 0 Å².